The molecule has 1 fully saturated rings. The van der Waals surface area contributed by atoms with Gasteiger partial charge >= 0.3 is 0 Å². The molecule has 4 heteroatoms. The Labute approximate surface area is 115 Å². The molecule has 1 heterocycles. The first-order valence-corrected chi connectivity index (χ1v) is 6.70. The fourth-order valence-electron chi connectivity index (χ4n) is 2.86. The zero-order valence-corrected chi connectivity index (χ0v) is 12.5. The summed E-state index contributed by atoms with van der Waals surface area (Å²) in [4.78, 5) is 2.36. The Morgan fingerprint density at radius 3 is 2.58 bits per heavy atom. The van der Waals surface area contributed by atoms with Crippen LogP contribution in [0.1, 0.15) is 20.8 Å². The average Bonchev–Trinajstić information content (AvgIpc) is 2.35. The maximum Gasteiger partial charge on any atom is 0.142 e. The van der Waals surface area contributed by atoms with Crippen LogP contribution in [0.2, 0.25) is 0 Å². The second-order valence-electron chi connectivity index (χ2n) is 5.85. The number of methoxy groups -OCH3 is 2. The van der Waals surface area contributed by atoms with Gasteiger partial charge < -0.3 is 19.7 Å². The van der Waals surface area contributed by atoms with Gasteiger partial charge in [0.05, 0.1) is 19.9 Å². The van der Waals surface area contributed by atoms with Crippen LogP contribution in [0.5, 0.6) is 11.5 Å². The molecule has 1 atom stereocenters. The van der Waals surface area contributed by atoms with Gasteiger partial charge in [-0.15, -0.1) is 0 Å². The highest BCUT2D eigenvalue weighted by atomic mass is 16.5. The molecule has 0 radical (unpaired) electrons. The van der Waals surface area contributed by atoms with E-state index in [9.17, 15) is 0 Å². The van der Waals surface area contributed by atoms with Crippen LogP contribution in [-0.2, 0) is 0 Å². The van der Waals surface area contributed by atoms with Crippen molar-refractivity contribution >= 4 is 5.69 Å². The van der Waals surface area contributed by atoms with Crippen molar-refractivity contribution in [2.24, 2.45) is 0 Å². The Hall–Kier alpha value is -1.42. The van der Waals surface area contributed by atoms with Crippen LogP contribution < -0.4 is 19.7 Å². The first-order chi connectivity index (χ1) is 8.95. The van der Waals surface area contributed by atoms with Crippen molar-refractivity contribution in [1.29, 1.82) is 0 Å². The maximum atomic E-state index is 5.48. The second kappa shape index (κ2) is 5.29. The molecule has 1 unspecified atom stereocenters. The topological polar surface area (TPSA) is 33.7 Å². The summed E-state index contributed by atoms with van der Waals surface area (Å²) in [6.45, 7) is 8.57. The minimum Gasteiger partial charge on any atom is -0.497 e. The van der Waals surface area contributed by atoms with Crippen molar-refractivity contribution in [1.82, 2.24) is 5.32 Å². The predicted molar refractivity (Wildman–Crippen MR) is 78.4 cm³/mol. The molecule has 1 aliphatic rings. The van der Waals surface area contributed by atoms with Crippen LogP contribution in [0.3, 0.4) is 0 Å². The van der Waals surface area contributed by atoms with Gasteiger partial charge in [-0.25, -0.2) is 0 Å². The Balaban J connectivity index is 2.34. The van der Waals surface area contributed by atoms with Crippen molar-refractivity contribution < 1.29 is 9.47 Å². The lowest BCUT2D eigenvalue weighted by atomic mass is 9.98. The Morgan fingerprint density at radius 2 is 2.00 bits per heavy atom. The molecule has 4 nitrogen and oxygen atoms in total. The lowest BCUT2D eigenvalue weighted by Crippen LogP contribution is -2.61. The van der Waals surface area contributed by atoms with E-state index in [-0.39, 0.29) is 5.54 Å². The highest BCUT2D eigenvalue weighted by molar-refractivity contribution is 5.62. The number of nitrogens with one attached hydrogen (secondary N) is 1. The summed E-state index contributed by atoms with van der Waals surface area (Å²) < 4.78 is 10.8. The summed E-state index contributed by atoms with van der Waals surface area (Å²) in [6, 6.07) is 6.39. The smallest absolute Gasteiger partial charge is 0.142 e. The van der Waals surface area contributed by atoms with Gasteiger partial charge in [-0.1, -0.05) is 0 Å². The number of ether oxygens (including phenoxy) is 2. The minimum absolute atomic E-state index is 0.0890. The molecule has 1 aliphatic heterocycles. The number of piperazine rings is 1. The summed E-state index contributed by atoms with van der Waals surface area (Å²) >= 11 is 0. The first kappa shape index (κ1) is 14.0. The number of hydrogen-bond donors (Lipinski definition) is 1. The number of anilines is 1. The SMILES string of the molecule is COc1ccc(OC)c(N2CC(C)NC(C)(C)C2)c1. The molecular formula is C15H24N2O2. The highest BCUT2D eigenvalue weighted by Gasteiger charge is 2.31. The molecule has 1 aromatic carbocycles. The molecule has 0 aromatic heterocycles. The molecule has 1 aromatic rings. The van der Waals surface area contributed by atoms with Gasteiger partial charge in [0.1, 0.15) is 11.5 Å². The lowest BCUT2D eigenvalue weighted by Gasteiger charge is -2.44. The van der Waals surface area contributed by atoms with E-state index >= 15 is 0 Å². The monoisotopic (exact) mass is 264 g/mol. The van der Waals surface area contributed by atoms with E-state index in [1.807, 2.05) is 18.2 Å². The number of rotatable bonds is 3. The number of benzene rings is 1. The fraction of sp³-hybridized carbons (Fsp3) is 0.600. The van der Waals surface area contributed by atoms with E-state index < -0.39 is 0 Å². The molecule has 0 spiro atoms. The van der Waals surface area contributed by atoms with E-state index in [0.29, 0.717) is 6.04 Å². The zero-order valence-electron chi connectivity index (χ0n) is 12.5. The Kier molecular flexibility index (Phi) is 3.90. The maximum absolute atomic E-state index is 5.48. The largest absolute Gasteiger partial charge is 0.497 e. The van der Waals surface area contributed by atoms with E-state index in [4.69, 9.17) is 9.47 Å². The van der Waals surface area contributed by atoms with Crippen LogP contribution in [-0.4, -0.2) is 38.9 Å². The summed E-state index contributed by atoms with van der Waals surface area (Å²) in [5, 5.41) is 3.61. The average molecular weight is 264 g/mol. The van der Waals surface area contributed by atoms with Gasteiger partial charge in [0.15, 0.2) is 0 Å². The molecule has 2 rings (SSSR count). The van der Waals surface area contributed by atoms with Gasteiger partial charge in [0.25, 0.3) is 0 Å². The third-order valence-corrected chi connectivity index (χ3v) is 3.44. The van der Waals surface area contributed by atoms with Crippen molar-refractivity contribution in [3.63, 3.8) is 0 Å². The molecule has 19 heavy (non-hydrogen) atoms. The van der Waals surface area contributed by atoms with Crippen molar-refractivity contribution in [2.45, 2.75) is 32.4 Å². The molecular weight excluding hydrogens is 240 g/mol. The molecule has 0 bridgehead atoms. The first-order valence-electron chi connectivity index (χ1n) is 6.70. The summed E-state index contributed by atoms with van der Waals surface area (Å²) in [7, 11) is 3.40. The Morgan fingerprint density at radius 1 is 1.26 bits per heavy atom. The minimum atomic E-state index is 0.0890. The lowest BCUT2D eigenvalue weighted by molar-refractivity contribution is 0.299. The molecule has 1 N–H and O–H groups in total. The third kappa shape index (κ3) is 3.13. The number of hydrogen-bond acceptors (Lipinski definition) is 4. The van der Waals surface area contributed by atoms with Crippen LogP contribution in [0.15, 0.2) is 18.2 Å². The second-order valence-corrected chi connectivity index (χ2v) is 5.85. The van der Waals surface area contributed by atoms with Gasteiger partial charge in [0.2, 0.25) is 0 Å². The van der Waals surface area contributed by atoms with Gasteiger partial charge in [-0.2, -0.15) is 0 Å². The van der Waals surface area contributed by atoms with Crippen molar-refractivity contribution in [2.75, 3.05) is 32.2 Å². The van der Waals surface area contributed by atoms with E-state index in [1.54, 1.807) is 14.2 Å². The van der Waals surface area contributed by atoms with Gasteiger partial charge in [0, 0.05) is 30.7 Å². The molecule has 0 amide bonds. The predicted octanol–water partition coefficient (Wildman–Crippen LogP) is 2.28. The molecule has 1 saturated heterocycles. The third-order valence-electron chi connectivity index (χ3n) is 3.44. The molecule has 0 aliphatic carbocycles. The van der Waals surface area contributed by atoms with Crippen LogP contribution in [0.4, 0.5) is 5.69 Å². The Bertz CT molecular complexity index is 446. The van der Waals surface area contributed by atoms with E-state index in [0.717, 1.165) is 30.3 Å². The standard InChI is InChI=1S/C15H24N2O2/c1-11-9-17(10-15(2,3)16-11)13-8-12(18-4)6-7-14(13)19-5/h6-8,11,16H,9-10H2,1-5H3. The summed E-state index contributed by atoms with van der Waals surface area (Å²) in [6.07, 6.45) is 0. The van der Waals surface area contributed by atoms with Crippen LogP contribution in [0, 0.1) is 0 Å². The summed E-state index contributed by atoms with van der Waals surface area (Å²) in [5.74, 6) is 1.76. The molecule has 0 saturated carbocycles. The van der Waals surface area contributed by atoms with Crippen molar-refractivity contribution in [3.8, 4) is 11.5 Å². The number of nitrogens with zero attached hydrogens (tertiary/aromatic N) is 1. The van der Waals surface area contributed by atoms with E-state index in [1.165, 1.54) is 0 Å². The fourth-order valence-corrected chi connectivity index (χ4v) is 2.86. The molecule has 106 valence electrons. The van der Waals surface area contributed by atoms with Crippen LogP contribution in [0.25, 0.3) is 0 Å². The van der Waals surface area contributed by atoms with Crippen molar-refractivity contribution in [3.05, 3.63) is 18.2 Å². The normalized spacial score (nSPS) is 22.2. The van der Waals surface area contributed by atoms with Crippen LogP contribution >= 0.6 is 0 Å². The van der Waals surface area contributed by atoms with E-state index in [2.05, 4.69) is 31.0 Å². The quantitative estimate of drug-likeness (QED) is 0.908. The zero-order chi connectivity index (χ0) is 14.0. The highest BCUT2D eigenvalue weighted by Crippen LogP contribution is 2.34. The van der Waals surface area contributed by atoms with Gasteiger partial charge in [-0.3, -0.25) is 0 Å². The van der Waals surface area contributed by atoms with Gasteiger partial charge in [-0.05, 0) is 32.9 Å². The summed E-state index contributed by atoms with van der Waals surface area (Å²) in [5.41, 5.74) is 1.19.